The zero-order valence-corrected chi connectivity index (χ0v) is 16.2. The monoisotopic (exact) mass is 395 g/mol. The summed E-state index contributed by atoms with van der Waals surface area (Å²) in [6.07, 6.45) is 6.01. The van der Waals surface area contributed by atoms with Gasteiger partial charge in [0.2, 0.25) is 5.91 Å². The summed E-state index contributed by atoms with van der Waals surface area (Å²) >= 11 is 1.87. The van der Waals surface area contributed by atoms with Crippen LogP contribution in [0.15, 0.2) is 12.4 Å². The van der Waals surface area contributed by atoms with E-state index in [1.165, 1.54) is 17.1 Å². The predicted molar refractivity (Wildman–Crippen MR) is 102 cm³/mol. The molecule has 3 atom stereocenters. The summed E-state index contributed by atoms with van der Waals surface area (Å²) in [4.78, 5) is 34.7. The Morgan fingerprint density at radius 3 is 2.93 bits per heavy atom. The number of carboxylic acid groups (broad SMARTS) is 1. The average Bonchev–Trinajstić information content (AvgIpc) is 3.28. The number of aliphatic carboxylic acids is 1. The summed E-state index contributed by atoms with van der Waals surface area (Å²) < 4.78 is 1.32. The predicted octanol–water partition coefficient (Wildman–Crippen LogP) is 1.37. The fourth-order valence-corrected chi connectivity index (χ4v) is 4.83. The van der Waals surface area contributed by atoms with Crippen molar-refractivity contribution < 1.29 is 19.5 Å². The Bertz CT molecular complexity index is 735. The number of anilines is 1. The number of carbonyl (C=O) groups is 3. The fraction of sp³-hybridized carbons (Fsp3) is 0.647. The van der Waals surface area contributed by atoms with Crippen molar-refractivity contribution in [2.75, 3.05) is 11.1 Å². The van der Waals surface area contributed by atoms with Crippen LogP contribution in [0.5, 0.6) is 0 Å². The minimum Gasteiger partial charge on any atom is -0.479 e. The molecule has 0 aromatic carbocycles. The van der Waals surface area contributed by atoms with Crippen LogP contribution in [0.25, 0.3) is 0 Å². The Morgan fingerprint density at radius 1 is 1.41 bits per heavy atom. The molecule has 3 amide bonds. The minimum absolute atomic E-state index is 0.0821. The van der Waals surface area contributed by atoms with E-state index in [0.29, 0.717) is 17.4 Å². The second-order valence-corrected chi connectivity index (χ2v) is 8.73. The highest BCUT2D eigenvalue weighted by Crippen LogP contribution is 2.33. The first-order valence-electron chi connectivity index (χ1n) is 9.04. The normalized spacial score (nSPS) is 24.2. The molecule has 2 aliphatic heterocycles. The zero-order chi connectivity index (χ0) is 19.6. The van der Waals surface area contributed by atoms with Crippen LogP contribution in [0.2, 0.25) is 0 Å². The summed E-state index contributed by atoms with van der Waals surface area (Å²) in [5.74, 6) is -0.176. The molecule has 3 rings (SSSR count). The number of thioether (sulfide) groups is 1. The van der Waals surface area contributed by atoms with Crippen LogP contribution in [-0.2, 0) is 15.1 Å². The fourth-order valence-electron chi connectivity index (χ4n) is 3.29. The van der Waals surface area contributed by atoms with E-state index in [-0.39, 0.29) is 24.0 Å². The molecule has 0 unspecified atom stereocenters. The van der Waals surface area contributed by atoms with Crippen molar-refractivity contribution >= 4 is 35.4 Å². The van der Waals surface area contributed by atoms with E-state index >= 15 is 0 Å². The van der Waals surface area contributed by atoms with Gasteiger partial charge in [-0.05, 0) is 26.7 Å². The summed E-state index contributed by atoms with van der Waals surface area (Å²) in [6, 6.07) is 0.337. The van der Waals surface area contributed by atoms with Crippen molar-refractivity contribution in [3.63, 3.8) is 0 Å². The van der Waals surface area contributed by atoms with Crippen LogP contribution < -0.4 is 16.0 Å². The Hall–Kier alpha value is -2.23. The number of aromatic nitrogens is 2. The van der Waals surface area contributed by atoms with Gasteiger partial charge in [0, 0.05) is 23.6 Å². The second-order valence-electron chi connectivity index (χ2n) is 7.45. The Balaban J connectivity index is 1.39. The number of nitrogens with one attached hydrogen (secondary N) is 3. The lowest BCUT2D eigenvalue weighted by atomic mass is 10.0. The van der Waals surface area contributed by atoms with Crippen molar-refractivity contribution in [3.05, 3.63) is 12.4 Å². The first-order valence-corrected chi connectivity index (χ1v) is 10.1. The molecule has 0 aliphatic carbocycles. The first-order chi connectivity index (χ1) is 12.8. The van der Waals surface area contributed by atoms with Gasteiger partial charge >= 0.3 is 12.0 Å². The number of carboxylic acids is 1. The van der Waals surface area contributed by atoms with Gasteiger partial charge in [0.1, 0.15) is 0 Å². The number of rotatable bonds is 8. The Kier molecular flexibility index (Phi) is 5.64. The zero-order valence-electron chi connectivity index (χ0n) is 15.4. The van der Waals surface area contributed by atoms with E-state index in [2.05, 4.69) is 21.0 Å². The molecule has 27 heavy (non-hydrogen) atoms. The number of hydrogen-bond donors (Lipinski definition) is 4. The van der Waals surface area contributed by atoms with Gasteiger partial charge in [-0.1, -0.05) is 6.42 Å². The summed E-state index contributed by atoms with van der Waals surface area (Å²) in [7, 11) is 0. The molecule has 148 valence electrons. The largest absolute Gasteiger partial charge is 0.479 e. The smallest absolute Gasteiger partial charge is 0.331 e. The molecule has 0 spiro atoms. The van der Waals surface area contributed by atoms with Crippen molar-refractivity contribution in [3.8, 4) is 0 Å². The maximum absolute atomic E-state index is 12.1. The summed E-state index contributed by atoms with van der Waals surface area (Å²) in [5.41, 5.74) is -0.687. The lowest BCUT2D eigenvalue weighted by Crippen LogP contribution is -2.36. The van der Waals surface area contributed by atoms with E-state index in [4.69, 9.17) is 0 Å². The second kappa shape index (κ2) is 7.79. The molecule has 4 N–H and O–H groups in total. The van der Waals surface area contributed by atoms with E-state index in [1.54, 1.807) is 13.8 Å². The van der Waals surface area contributed by atoms with E-state index in [0.717, 1.165) is 25.0 Å². The van der Waals surface area contributed by atoms with Crippen LogP contribution >= 0.6 is 11.8 Å². The molecule has 0 bridgehead atoms. The van der Waals surface area contributed by atoms with Gasteiger partial charge in [-0.3, -0.25) is 9.48 Å². The standard InChI is InChI=1S/C17H25N5O4S/c1-17(2,15(24)25)22-8-10(7-18-22)19-13(23)6-4-3-5-12-14-11(9-27-12)20-16(26)21-14/h7-8,11-12,14H,3-6,9H2,1-2H3,(H,19,23)(H,24,25)(H2,20,21,26)/t11-,12-,14-/m0/s1. The van der Waals surface area contributed by atoms with E-state index in [9.17, 15) is 19.5 Å². The van der Waals surface area contributed by atoms with Crippen LogP contribution in [-0.4, -0.2) is 55.9 Å². The van der Waals surface area contributed by atoms with Gasteiger partial charge < -0.3 is 21.1 Å². The lowest BCUT2D eigenvalue weighted by Gasteiger charge is -2.19. The number of carbonyl (C=O) groups excluding carboxylic acids is 2. The van der Waals surface area contributed by atoms with Gasteiger partial charge in [-0.2, -0.15) is 16.9 Å². The van der Waals surface area contributed by atoms with Gasteiger partial charge in [-0.25, -0.2) is 9.59 Å². The average molecular weight is 395 g/mol. The molecule has 2 aliphatic rings. The number of nitrogens with zero attached hydrogens (tertiary/aromatic N) is 2. The van der Waals surface area contributed by atoms with Crippen LogP contribution in [0.1, 0.15) is 39.5 Å². The summed E-state index contributed by atoms with van der Waals surface area (Å²) in [5, 5.41) is 22.3. The summed E-state index contributed by atoms with van der Waals surface area (Å²) in [6.45, 7) is 3.09. The third kappa shape index (κ3) is 4.37. The maximum atomic E-state index is 12.1. The third-order valence-corrected chi connectivity index (χ3v) is 6.55. The molecule has 9 nitrogen and oxygen atoms in total. The topological polar surface area (TPSA) is 125 Å². The molecule has 2 saturated heterocycles. The SMILES string of the molecule is CC(C)(C(=O)O)n1cc(NC(=O)CCCC[C@@H]2SC[C@@H]3NC(=O)N[C@@H]32)cn1. The molecule has 3 heterocycles. The third-order valence-electron chi connectivity index (χ3n) is 5.04. The van der Waals surface area contributed by atoms with E-state index < -0.39 is 11.5 Å². The van der Waals surface area contributed by atoms with E-state index in [1.807, 2.05) is 11.8 Å². The van der Waals surface area contributed by atoms with Crippen LogP contribution in [0.3, 0.4) is 0 Å². The highest BCUT2D eigenvalue weighted by Gasteiger charge is 2.42. The van der Waals surface area contributed by atoms with Gasteiger partial charge in [0.15, 0.2) is 5.54 Å². The van der Waals surface area contributed by atoms with Crippen molar-refractivity contribution in [2.45, 2.75) is 62.4 Å². The molecular formula is C17H25N5O4S. The highest BCUT2D eigenvalue weighted by atomic mass is 32.2. The molecule has 1 aromatic heterocycles. The molecule has 1 aromatic rings. The Morgan fingerprint density at radius 2 is 2.19 bits per heavy atom. The maximum Gasteiger partial charge on any atom is 0.331 e. The molecular weight excluding hydrogens is 370 g/mol. The van der Waals surface area contributed by atoms with Gasteiger partial charge in [-0.15, -0.1) is 0 Å². The quantitative estimate of drug-likeness (QED) is 0.389. The number of unbranched alkanes of at least 4 members (excludes halogenated alkanes) is 1. The first kappa shape index (κ1) is 19.5. The highest BCUT2D eigenvalue weighted by molar-refractivity contribution is 8.00. The van der Waals surface area contributed by atoms with Crippen molar-refractivity contribution in [1.82, 2.24) is 20.4 Å². The van der Waals surface area contributed by atoms with Crippen molar-refractivity contribution in [1.29, 1.82) is 0 Å². The Labute approximate surface area is 161 Å². The van der Waals surface area contributed by atoms with Gasteiger partial charge in [0.25, 0.3) is 0 Å². The van der Waals surface area contributed by atoms with Crippen LogP contribution in [0.4, 0.5) is 10.5 Å². The molecule has 10 heteroatoms. The molecule has 0 saturated carbocycles. The number of hydrogen-bond acceptors (Lipinski definition) is 5. The van der Waals surface area contributed by atoms with Gasteiger partial charge in [0.05, 0.1) is 24.0 Å². The lowest BCUT2D eigenvalue weighted by molar-refractivity contribution is -0.146. The minimum atomic E-state index is -1.18. The molecule has 2 fully saturated rings. The van der Waals surface area contributed by atoms with Crippen molar-refractivity contribution in [2.24, 2.45) is 0 Å². The number of amides is 3. The number of fused-ring (bicyclic) bond motifs is 1. The molecule has 0 radical (unpaired) electrons. The number of urea groups is 1. The van der Waals surface area contributed by atoms with Crippen LogP contribution in [0, 0.1) is 0 Å².